The van der Waals surface area contributed by atoms with Crippen molar-refractivity contribution in [2.45, 2.75) is 44.6 Å². The molecule has 3 rings (SSSR count). The maximum Gasteiger partial charge on any atom is 0.254 e. The minimum absolute atomic E-state index is 0.0174. The van der Waals surface area contributed by atoms with Crippen LogP contribution in [0.4, 0.5) is 4.39 Å². The highest BCUT2D eigenvalue weighted by Crippen LogP contribution is 2.29. The lowest BCUT2D eigenvalue weighted by Crippen LogP contribution is -2.49. The number of carbonyl (C=O) groups excluding carboxylic acids is 1. The second-order valence-corrected chi connectivity index (χ2v) is 7.28. The lowest BCUT2D eigenvalue weighted by Gasteiger charge is -2.36. The van der Waals surface area contributed by atoms with Gasteiger partial charge in [0.1, 0.15) is 17.2 Å². The fraction of sp³-hybridized carbons (Fsp3) is 0.500. The average molecular weight is 360 g/mol. The Kier molecular flexibility index (Phi) is 5.41. The van der Waals surface area contributed by atoms with Gasteiger partial charge in [0.05, 0.1) is 12.1 Å². The SMILES string of the molecule is COC(C)(C)C(=O)N1CCC[C@@H](c2ncc(Cc3cccc(F)c3)o2)C1. The first-order valence-corrected chi connectivity index (χ1v) is 8.92. The number of oxazole rings is 1. The fourth-order valence-electron chi connectivity index (χ4n) is 3.27. The summed E-state index contributed by atoms with van der Waals surface area (Å²) >= 11 is 0. The standard InChI is InChI=1S/C20H25FN2O3/c1-20(2,25-3)19(24)23-9-5-7-15(13-23)18-22-12-17(26-18)11-14-6-4-8-16(21)10-14/h4,6,8,10,12,15H,5,7,9,11,13H2,1-3H3/t15-/m1/s1. The molecule has 0 bridgehead atoms. The number of amides is 1. The molecule has 5 nitrogen and oxygen atoms in total. The van der Waals surface area contributed by atoms with Gasteiger partial charge in [0, 0.05) is 26.6 Å². The van der Waals surface area contributed by atoms with E-state index in [0.717, 1.165) is 24.9 Å². The van der Waals surface area contributed by atoms with Crippen LogP contribution in [0.1, 0.15) is 49.8 Å². The third kappa shape index (κ3) is 4.12. The maximum atomic E-state index is 13.3. The maximum absolute atomic E-state index is 13.3. The molecule has 0 aliphatic carbocycles. The predicted octanol–water partition coefficient (Wildman–Crippen LogP) is 3.54. The predicted molar refractivity (Wildman–Crippen MR) is 95.4 cm³/mol. The molecule has 1 aliphatic rings. The molecule has 0 saturated carbocycles. The second-order valence-electron chi connectivity index (χ2n) is 7.28. The Balaban J connectivity index is 1.68. The zero-order valence-electron chi connectivity index (χ0n) is 15.5. The topological polar surface area (TPSA) is 55.6 Å². The van der Waals surface area contributed by atoms with Crippen molar-refractivity contribution in [3.05, 3.63) is 53.5 Å². The number of nitrogens with zero attached hydrogens (tertiary/aromatic N) is 2. The number of aromatic nitrogens is 1. The van der Waals surface area contributed by atoms with E-state index in [1.807, 2.05) is 11.0 Å². The zero-order valence-corrected chi connectivity index (χ0v) is 15.5. The number of piperidine rings is 1. The van der Waals surface area contributed by atoms with Crippen LogP contribution in [-0.2, 0) is 16.0 Å². The number of benzene rings is 1. The summed E-state index contributed by atoms with van der Waals surface area (Å²) in [6.45, 7) is 4.85. The lowest BCUT2D eigenvalue weighted by molar-refractivity contribution is -0.152. The third-order valence-corrected chi connectivity index (χ3v) is 4.92. The van der Waals surface area contributed by atoms with Gasteiger partial charge in [-0.2, -0.15) is 0 Å². The monoisotopic (exact) mass is 360 g/mol. The Hall–Kier alpha value is -2.21. The molecule has 1 fully saturated rings. The van der Waals surface area contributed by atoms with Crippen LogP contribution in [0.25, 0.3) is 0 Å². The van der Waals surface area contributed by atoms with Gasteiger partial charge in [0.2, 0.25) is 0 Å². The highest BCUT2D eigenvalue weighted by molar-refractivity contribution is 5.84. The number of ether oxygens (including phenoxy) is 1. The molecule has 26 heavy (non-hydrogen) atoms. The molecule has 1 atom stereocenters. The molecule has 1 amide bonds. The Morgan fingerprint density at radius 2 is 2.27 bits per heavy atom. The van der Waals surface area contributed by atoms with Gasteiger partial charge in [-0.1, -0.05) is 12.1 Å². The summed E-state index contributed by atoms with van der Waals surface area (Å²) in [6.07, 6.45) is 4.02. The van der Waals surface area contributed by atoms with Crippen molar-refractivity contribution in [1.29, 1.82) is 0 Å². The summed E-state index contributed by atoms with van der Waals surface area (Å²) in [7, 11) is 1.55. The smallest absolute Gasteiger partial charge is 0.254 e. The second kappa shape index (κ2) is 7.58. The number of halogens is 1. The summed E-state index contributed by atoms with van der Waals surface area (Å²) < 4.78 is 24.5. The van der Waals surface area contributed by atoms with Gasteiger partial charge >= 0.3 is 0 Å². The van der Waals surface area contributed by atoms with Crippen LogP contribution in [0.3, 0.4) is 0 Å². The van der Waals surface area contributed by atoms with Crippen molar-refractivity contribution in [3.8, 4) is 0 Å². The molecular formula is C20H25FN2O3. The van der Waals surface area contributed by atoms with Gasteiger partial charge < -0.3 is 14.1 Å². The van der Waals surface area contributed by atoms with E-state index in [9.17, 15) is 9.18 Å². The summed E-state index contributed by atoms with van der Waals surface area (Å²) in [4.78, 5) is 18.9. The first-order chi connectivity index (χ1) is 12.4. The van der Waals surface area contributed by atoms with Gasteiger partial charge in [-0.25, -0.2) is 9.37 Å². The van der Waals surface area contributed by atoms with E-state index in [2.05, 4.69) is 4.98 Å². The van der Waals surface area contributed by atoms with Crippen LogP contribution < -0.4 is 0 Å². The van der Waals surface area contributed by atoms with Crippen molar-refractivity contribution in [2.75, 3.05) is 20.2 Å². The molecule has 1 aliphatic heterocycles. The summed E-state index contributed by atoms with van der Waals surface area (Å²) in [5.41, 5.74) is 0.0103. The minimum atomic E-state index is -0.832. The van der Waals surface area contributed by atoms with Crippen molar-refractivity contribution in [1.82, 2.24) is 9.88 Å². The molecule has 0 radical (unpaired) electrons. The molecule has 2 heterocycles. The Bertz CT molecular complexity index is 772. The number of rotatable bonds is 5. The van der Waals surface area contributed by atoms with Crippen molar-refractivity contribution < 1.29 is 18.3 Å². The highest BCUT2D eigenvalue weighted by Gasteiger charge is 2.35. The van der Waals surface area contributed by atoms with Crippen molar-refractivity contribution >= 4 is 5.91 Å². The molecule has 1 saturated heterocycles. The minimum Gasteiger partial charge on any atom is -0.445 e. The van der Waals surface area contributed by atoms with Crippen molar-refractivity contribution in [3.63, 3.8) is 0 Å². The highest BCUT2D eigenvalue weighted by atomic mass is 19.1. The van der Waals surface area contributed by atoms with Gasteiger partial charge in [0.25, 0.3) is 5.91 Å². The number of hydrogen-bond donors (Lipinski definition) is 0. The van der Waals surface area contributed by atoms with Gasteiger partial charge in [-0.15, -0.1) is 0 Å². The van der Waals surface area contributed by atoms with E-state index in [1.165, 1.54) is 12.1 Å². The summed E-state index contributed by atoms with van der Waals surface area (Å²) in [6, 6.07) is 6.46. The van der Waals surface area contributed by atoms with E-state index < -0.39 is 5.60 Å². The molecule has 0 spiro atoms. The first kappa shape index (κ1) is 18.6. The van der Waals surface area contributed by atoms with Gasteiger partial charge in [0.15, 0.2) is 5.89 Å². The largest absolute Gasteiger partial charge is 0.445 e. The molecule has 1 aromatic carbocycles. The molecule has 0 N–H and O–H groups in total. The van der Waals surface area contributed by atoms with E-state index in [-0.39, 0.29) is 17.6 Å². The number of hydrogen-bond acceptors (Lipinski definition) is 4. The zero-order chi connectivity index (χ0) is 18.7. The Labute approximate surface area is 153 Å². The Morgan fingerprint density at radius 1 is 1.46 bits per heavy atom. The van der Waals surface area contributed by atoms with E-state index in [1.54, 1.807) is 33.2 Å². The van der Waals surface area contributed by atoms with Crippen molar-refractivity contribution in [2.24, 2.45) is 0 Å². The molecule has 0 unspecified atom stereocenters. The number of likely N-dealkylation sites (tertiary alicyclic amines) is 1. The average Bonchev–Trinajstić information content (AvgIpc) is 3.09. The third-order valence-electron chi connectivity index (χ3n) is 4.92. The molecule has 6 heteroatoms. The molecule has 1 aromatic heterocycles. The summed E-state index contributed by atoms with van der Waals surface area (Å²) in [5.74, 6) is 1.14. The van der Waals surface area contributed by atoms with Crippen LogP contribution in [0.2, 0.25) is 0 Å². The quantitative estimate of drug-likeness (QED) is 0.818. The van der Waals surface area contributed by atoms with Gasteiger partial charge in [-0.05, 0) is 44.4 Å². The van der Waals surface area contributed by atoms with E-state index >= 15 is 0 Å². The lowest BCUT2D eigenvalue weighted by atomic mass is 9.96. The van der Waals surface area contributed by atoms with Crippen LogP contribution >= 0.6 is 0 Å². The van der Waals surface area contributed by atoms with Crippen LogP contribution in [0.5, 0.6) is 0 Å². The number of methoxy groups -OCH3 is 1. The molecule has 140 valence electrons. The van der Waals surface area contributed by atoms with Crippen LogP contribution in [0, 0.1) is 5.82 Å². The van der Waals surface area contributed by atoms with E-state index in [0.29, 0.717) is 24.6 Å². The first-order valence-electron chi connectivity index (χ1n) is 8.92. The van der Waals surface area contributed by atoms with Crippen LogP contribution in [-0.4, -0.2) is 41.6 Å². The van der Waals surface area contributed by atoms with Gasteiger partial charge in [-0.3, -0.25) is 4.79 Å². The normalized spacial score (nSPS) is 18.2. The van der Waals surface area contributed by atoms with Crippen LogP contribution in [0.15, 0.2) is 34.9 Å². The fourth-order valence-corrected chi connectivity index (χ4v) is 3.27. The number of carbonyl (C=O) groups is 1. The Morgan fingerprint density at radius 3 is 3.00 bits per heavy atom. The molecule has 2 aromatic rings. The molecular weight excluding hydrogens is 335 g/mol. The van der Waals surface area contributed by atoms with E-state index in [4.69, 9.17) is 9.15 Å². The summed E-state index contributed by atoms with van der Waals surface area (Å²) in [5, 5.41) is 0.